The van der Waals surface area contributed by atoms with E-state index < -0.39 is 0 Å². The lowest BCUT2D eigenvalue weighted by Crippen LogP contribution is -1.81. The Labute approximate surface area is 192 Å². The summed E-state index contributed by atoms with van der Waals surface area (Å²) in [4.78, 5) is 12.0. The van der Waals surface area contributed by atoms with Crippen LogP contribution in [0, 0.1) is 0 Å². The first kappa shape index (κ1) is 18.0. The molecule has 150 valence electrons. The van der Waals surface area contributed by atoms with Crippen LogP contribution in [-0.2, 0) is 0 Å². The highest BCUT2D eigenvalue weighted by Gasteiger charge is 2.13. The highest BCUT2D eigenvalue weighted by atomic mass is 32.1. The summed E-state index contributed by atoms with van der Waals surface area (Å²) in [5, 5.41) is 6.15. The fourth-order valence-electron chi connectivity index (χ4n) is 4.30. The molecular weight excluding hydrogens is 428 g/mol. The normalized spacial score (nSPS) is 11.8. The molecule has 0 fully saturated rings. The third kappa shape index (κ3) is 2.84. The second-order valence-electron chi connectivity index (χ2n) is 7.92. The monoisotopic (exact) mass is 444 g/mol. The van der Waals surface area contributed by atoms with Gasteiger partial charge in [0, 0.05) is 37.1 Å². The van der Waals surface area contributed by atoms with Crippen LogP contribution in [-0.4, -0.2) is 9.97 Å². The Kier molecular flexibility index (Phi) is 3.92. The minimum Gasteiger partial charge on any atom is -0.255 e. The second-order valence-corrected chi connectivity index (χ2v) is 10.1. The largest absolute Gasteiger partial charge is 0.255 e. The zero-order valence-electron chi connectivity index (χ0n) is 16.9. The molecule has 4 heterocycles. The van der Waals surface area contributed by atoms with E-state index in [1.807, 2.05) is 34.9 Å². The van der Waals surface area contributed by atoms with E-state index in [9.17, 15) is 0 Å². The molecule has 3 aromatic carbocycles. The van der Waals surface area contributed by atoms with E-state index in [-0.39, 0.29) is 0 Å². The third-order valence-corrected chi connectivity index (χ3v) is 8.18. The molecule has 0 spiro atoms. The molecule has 0 aliphatic heterocycles. The fraction of sp³-hybridized carbons (Fsp3) is 0. The van der Waals surface area contributed by atoms with E-state index in [4.69, 9.17) is 9.97 Å². The Hall–Kier alpha value is -3.60. The average molecular weight is 445 g/mol. The van der Waals surface area contributed by atoms with Gasteiger partial charge in [-0.2, -0.15) is 0 Å². The minimum absolute atomic E-state index is 1.03. The van der Waals surface area contributed by atoms with E-state index in [0.717, 1.165) is 16.9 Å². The van der Waals surface area contributed by atoms with Crippen molar-refractivity contribution in [2.45, 2.75) is 0 Å². The maximum atomic E-state index is 4.91. The Morgan fingerprint density at radius 2 is 1.19 bits per heavy atom. The summed E-state index contributed by atoms with van der Waals surface area (Å²) in [5.74, 6) is 0. The average Bonchev–Trinajstić information content (AvgIpc) is 3.48. The lowest BCUT2D eigenvalue weighted by Gasteiger charge is -2.00. The number of rotatable bonds is 2. The molecule has 7 aromatic rings. The van der Waals surface area contributed by atoms with Crippen LogP contribution >= 0.6 is 22.7 Å². The van der Waals surface area contributed by atoms with E-state index in [1.165, 1.54) is 46.1 Å². The van der Waals surface area contributed by atoms with Crippen LogP contribution in [0.3, 0.4) is 0 Å². The van der Waals surface area contributed by atoms with Gasteiger partial charge in [-0.3, -0.25) is 4.98 Å². The van der Waals surface area contributed by atoms with Gasteiger partial charge in [-0.15, -0.1) is 22.7 Å². The molecule has 4 aromatic heterocycles. The van der Waals surface area contributed by atoms with E-state index in [1.54, 1.807) is 0 Å². The minimum atomic E-state index is 1.03. The van der Waals surface area contributed by atoms with Crippen LogP contribution in [0.25, 0.3) is 63.0 Å². The second kappa shape index (κ2) is 6.95. The molecular formula is C28H16N2S2. The van der Waals surface area contributed by atoms with Crippen LogP contribution < -0.4 is 0 Å². The molecule has 0 bridgehead atoms. The standard InChI is InChI=1S/C28H16N2S2/c1-2-7-19-16-29-24(13-18(19)6-1)28-15-21-20-14-27(31-25(20)11-12-26(21)32-28)23-10-9-17-5-3-4-8-22(17)30-23/h1-16H. The molecule has 2 nitrogen and oxygen atoms in total. The van der Waals surface area contributed by atoms with Crippen LogP contribution in [0.1, 0.15) is 0 Å². The van der Waals surface area contributed by atoms with Gasteiger partial charge in [0.25, 0.3) is 0 Å². The number of aromatic nitrogens is 2. The molecule has 7 rings (SSSR count). The van der Waals surface area contributed by atoms with E-state index in [2.05, 4.69) is 84.9 Å². The van der Waals surface area contributed by atoms with Crippen LogP contribution in [0.4, 0.5) is 0 Å². The van der Waals surface area contributed by atoms with E-state index in [0.29, 0.717) is 0 Å². The predicted octanol–water partition coefficient (Wildman–Crippen LogP) is 8.55. The maximum Gasteiger partial charge on any atom is 0.0809 e. The zero-order valence-corrected chi connectivity index (χ0v) is 18.6. The molecule has 4 heteroatoms. The summed E-state index contributed by atoms with van der Waals surface area (Å²) >= 11 is 3.61. The molecule has 32 heavy (non-hydrogen) atoms. The Bertz CT molecular complexity index is 1660. The molecule has 0 saturated heterocycles. The molecule has 0 amide bonds. The van der Waals surface area contributed by atoms with Crippen molar-refractivity contribution in [3.05, 3.63) is 97.2 Å². The maximum absolute atomic E-state index is 4.91. The van der Waals surface area contributed by atoms with Gasteiger partial charge in [0.2, 0.25) is 0 Å². The zero-order chi connectivity index (χ0) is 21.1. The van der Waals surface area contributed by atoms with Crippen LogP contribution in [0.5, 0.6) is 0 Å². The SMILES string of the molecule is c1ccc2cc(-c3cc4c(ccc5sc(-c6ccc7ccccc7n6)cc54)s3)ncc2c1. The van der Waals surface area contributed by atoms with Crippen molar-refractivity contribution in [3.63, 3.8) is 0 Å². The number of nitrogens with zero attached hydrogens (tertiary/aromatic N) is 2. The van der Waals surface area contributed by atoms with E-state index >= 15 is 0 Å². The van der Waals surface area contributed by atoms with Crippen molar-refractivity contribution in [3.8, 4) is 21.1 Å². The van der Waals surface area contributed by atoms with Gasteiger partial charge in [-0.1, -0.05) is 48.5 Å². The van der Waals surface area contributed by atoms with Gasteiger partial charge in [-0.25, -0.2) is 4.98 Å². The molecule has 0 N–H and O–H groups in total. The quantitative estimate of drug-likeness (QED) is 0.267. The van der Waals surface area contributed by atoms with Crippen molar-refractivity contribution in [2.24, 2.45) is 0 Å². The number of para-hydroxylation sites is 1. The topological polar surface area (TPSA) is 25.8 Å². The fourth-order valence-corrected chi connectivity index (χ4v) is 6.40. The molecule has 0 aliphatic carbocycles. The number of thiophene rings is 2. The predicted molar refractivity (Wildman–Crippen MR) is 139 cm³/mol. The number of benzene rings is 3. The summed E-state index contributed by atoms with van der Waals surface area (Å²) in [5.41, 5.74) is 3.10. The third-order valence-electron chi connectivity index (χ3n) is 5.93. The molecule has 0 unspecified atom stereocenters. The smallest absolute Gasteiger partial charge is 0.0809 e. The van der Waals surface area contributed by atoms with Gasteiger partial charge in [-0.05, 0) is 47.9 Å². The first-order chi connectivity index (χ1) is 15.8. The van der Waals surface area contributed by atoms with Crippen LogP contribution in [0.2, 0.25) is 0 Å². The van der Waals surface area contributed by atoms with Gasteiger partial charge < -0.3 is 0 Å². The Balaban J connectivity index is 1.38. The molecule has 0 radical (unpaired) electrons. The molecule has 0 saturated carbocycles. The highest BCUT2D eigenvalue weighted by molar-refractivity contribution is 7.24. The number of fused-ring (bicyclic) bond motifs is 5. The summed E-state index contributed by atoms with van der Waals surface area (Å²) in [6.07, 6.45) is 1.97. The van der Waals surface area contributed by atoms with Crippen LogP contribution in [0.15, 0.2) is 97.2 Å². The Morgan fingerprint density at radius 1 is 0.531 bits per heavy atom. The van der Waals surface area contributed by atoms with Crippen molar-refractivity contribution < 1.29 is 0 Å². The Morgan fingerprint density at radius 3 is 1.97 bits per heavy atom. The first-order valence-electron chi connectivity index (χ1n) is 10.5. The van der Waals surface area contributed by atoms with Gasteiger partial charge in [0.05, 0.1) is 26.7 Å². The van der Waals surface area contributed by atoms with Crippen molar-refractivity contribution >= 4 is 64.5 Å². The number of hydrogen-bond donors (Lipinski definition) is 0. The van der Waals surface area contributed by atoms with Crippen molar-refractivity contribution in [1.82, 2.24) is 9.97 Å². The lowest BCUT2D eigenvalue weighted by atomic mass is 10.1. The molecule has 0 atom stereocenters. The molecule has 0 aliphatic rings. The number of pyridine rings is 2. The number of hydrogen-bond acceptors (Lipinski definition) is 4. The lowest BCUT2D eigenvalue weighted by molar-refractivity contribution is 1.37. The van der Waals surface area contributed by atoms with Gasteiger partial charge in [0.1, 0.15) is 0 Å². The summed E-state index contributed by atoms with van der Waals surface area (Å²) in [6, 6.07) is 32.2. The van der Waals surface area contributed by atoms with Gasteiger partial charge >= 0.3 is 0 Å². The van der Waals surface area contributed by atoms with Crippen molar-refractivity contribution in [2.75, 3.05) is 0 Å². The highest BCUT2D eigenvalue weighted by Crippen LogP contribution is 2.42. The van der Waals surface area contributed by atoms with Crippen molar-refractivity contribution in [1.29, 1.82) is 0 Å². The summed E-state index contributed by atoms with van der Waals surface area (Å²) in [6.45, 7) is 0. The van der Waals surface area contributed by atoms with Gasteiger partial charge in [0.15, 0.2) is 0 Å². The first-order valence-corrected chi connectivity index (χ1v) is 12.1. The summed E-state index contributed by atoms with van der Waals surface area (Å²) in [7, 11) is 0. The summed E-state index contributed by atoms with van der Waals surface area (Å²) < 4.78 is 2.58.